The Balaban J connectivity index is 1.03. The van der Waals surface area contributed by atoms with E-state index in [9.17, 15) is 19.2 Å². The lowest BCUT2D eigenvalue weighted by atomic mass is 10.1. The third kappa shape index (κ3) is 6.43. The highest BCUT2D eigenvalue weighted by Crippen LogP contribution is 2.48. The molecular formula is C26H30N4O4. The maximum Gasteiger partial charge on any atom is 0.242 e. The predicted octanol–water partition coefficient (Wildman–Crippen LogP) is 2.45. The lowest BCUT2D eigenvalue weighted by Gasteiger charge is -2.08. The van der Waals surface area contributed by atoms with Crippen molar-refractivity contribution in [2.45, 2.75) is 50.4 Å². The van der Waals surface area contributed by atoms with Gasteiger partial charge in [0.05, 0.1) is 0 Å². The van der Waals surface area contributed by atoms with Crippen molar-refractivity contribution >= 4 is 23.6 Å². The molecule has 0 spiro atoms. The van der Waals surface area contributed by atoms with E-state index in [-0.39, 0.29) is 60.1 Å². The monoisotopic (exact) mass is 462 g/mol. The fourth-order valence-corrected chi connectivity index (χ4v) is 4.25. The van der Waals surface area contributed by atoms with Crippen molar-refractivity contribution in [1.29, 1.82) is 0 Å². The van der Waals surface area contributed by atoms with E-state index in [1.807, 2.05) is 60.7 Å². The highest BCUT2D eigenvalue weighted by atomic mass is 16.2. The Hall–Kier alpha value is -3.68. The molecule has 2 aliphatic carbocycles. The van der Waals surface area contributed by atoms with Gasteiger partial charge in [-0.3, -0.25) is 40.9 Å². The van der Waals surface area contributed by atoms with E-state index in [1.54, 1.807) is 0 Å². The van der Waals surface area contributed by atoms with Crippen LogP contribution in [0.4, 0.5) is 0 Å². The SMILES string of the molecule is O=C(CCCCC(=O)NNC(=O)[C@@H]1C[C@@H]1c1ccccc1)NNC(=O)[C@@H]1C[C@@H]1c1ccccc1. The second kappa shape index (κ2) is 11.0. The van der Waals surface area contributed by atoms with Crippen molar-refractivity contribution in [3.05, 3.63) is 71.8 Å². The molecule has 8 heteroatoms. The van der Waals surface area contributed by atoms with Gasteiger partial charge in [0.1, 0.15) is 0 Å². The summed E-state index contributed by atoms with van der Waals surface area (Å²) in [5.41, 5.74) is 12.1. The van der Waals surface area contributed by atoms with Crippen LogP contribution in [-0.2, 0) is 19.2 Å². The van der Waals surface area contributed by atoms with E-state index < -0.39 is 0 Å². The fourth-order valence-electron chi connectivity index (χ4n) is 4.25. The van der Waals surface area contributed by atoms with Crippen molar-refractivity contribution in [3.63, 3.8) is 0 Å². The summed E-state index contributed by atoms with van der Waals surface area (Å²) in [6, 6.07) is 19.7. The first-order valence-electron chi connectivity index (χ1n) is 11.8. The first-order chi connectivity index (χ1) is 16.5. The number of benzene rings is 2. The van der Waals surface area contributed by atoms with E-state index in [1.165, 1.54) is 0 Å². The van der Waals surface area contributed by atoms with Crippen LogP contribution in [0.1, 0.15) is 61.5 Å². The molecule has 4 N–H and O–H groups in total. The molecule has 0 radical (unpaired) electrons. The van der Waals surface area contributed by atoms with E-state index in [0.29, 0.717) is 12.8 Å². The second-order valence-corrected chi connectivity index (χ2v) is 9.00. The van der Waals surface area contributed by atoms with E-state index in [4.69, 9.17) is 0 Å². The predicted molar refractivity (Wildman–Crippen MR) is 126 cm³/mol. The van der Waals surface area contributed by atoms with Gasteiger partial charge in [0.2, 0.25) is 23.6 Å². The number of amides is 4. The van der Waals surface area contributed by atoms with Gasteiger partial charge in [0.15, 0.2) is 0 Å². The maximum atomic E-state index is 12.2. The Labute approximate surface area is 198 Å². The maximum absolute atomic E-state index is 12.2. The van der Waals surface area contributed by atoms with Gasteiger partial charge in [-0.05, 0) is 48.6 Å². The molecule has 0 aromatic heterocycles. The number of hydrazine groups is 2. The molecule has 0 aliphatic heterocycles. The van der Waals surface area contributed by atoms with Gasteiger partial charge >= 0.3 is 0 Å². The summed E-state index contributed by atoms with van der Waals surface area (Å²) >= 11 is 0. The number of hydrogen-bond donors (Lipinski definition) is 4. The number of unbranched alkanes of at least 4 members (excludes halogenated alkanes) is 1. The van der Waals surface area contributed by atoms with Crippen LogP contribution < -0.4 is 21.7 Å². The van der Waals surface area contributed by atoms with Crippen LogP contribution >= 0.6 is 0 Å². The number of rotatable bonds is 9. The third-order valence-electron chi connectivity index (χ3n) is 6.42. The Morgan fingerprint density at radius 3 is 1.35 bits per heavy atom. The molecular weight excluding hydrogens is 432 g/mol. The van der Waals surface area contributed by atoms with Crippen LogP contribution in [0.2, 0.25) is 0 Å². The van der Waals surface area contributed by atoms with Gasteiger partial charge in [-0.25, -0.2) is 0 Å². The van der Waals surface area contributed by atoms with Gasteiger partial charge < -0.3 is 0 Å². The molecule has 0 saturated heterocycles. The molecule has 2 aromatic carbocycles. The zero-order valence-corrected chi connectivity index (χ0v) is 19.0. The molecule has 2 aromatic rings. The Kier molecular flexibility index (Phi) is 7.57. The highest BCUT2D eigenvalue weighted by Gasteiger charge is 2.44. The molecule has 0 bridgehead atoms. The Morgan fingerprint density at radius 1 is 0.588 bits per heavy atom. The summed E-state index contributed by atoms with van der Waals surface area (Å²) in [5.74, 6) is -0.743. The van der Waals surface area contributed by atoms with Gasteiger partial charge in [-0.2, -0.15) is 0 Å². The minimum Gasteiger partial charge on any atom is -0.273 e. The topological polar surface area (TPSA) is 116 Å². The van der Waals surface area contributed by atoms with Crippen LogP contribution in [0.5, 0.6) is 0 Å². The Bertz CT molecular complexity index is 944. The van der Waals surface area contributed by atoms with Crippen molar-refractivity contribution in [1.82, 2.24) is 21.7 Å². The number of nitrogens with one attached hydrogen (secondary N) is 4. The van der Waals surface area contributed by atoms with Crippen LogP contribution in [0.3, 0.4) is 0 Å². The molecule has 4 rings (SSSR count). The van der Waals surface area contributed by atoms with E-state index in [0.717, 1.165) is 24.0 Å². The molecule has 2 aliphatic rings. The van der Waals surface area contributed by atoms with E-state index in [2.05, 4.69) is 21.7 Å². The molecule has 4 amide bonds. The normalized spacial score (nSPS) is 22.2. The first-order valence-corrected chi connectivity index (χ1v) is 11.8. The highest BCUT2D eigenvalue weighted by molar-refractivity contribution is 5.86. The van der Waals surface area contributed by atoms with Crippen molar-refractivity contribution in [3.8, 4) is 0 Å². The van der Waals surface area contributed by atoms with Crippen LogP contribution in [0.25, 0.3) is 0 Å². The summed E-state index contributed by atoms with van der Waals surface area (Å²) in [4.78, 5) is 48.3. The largest absolute Gasteiger partial charge is 0.273 e. The zero-order valence-electron chi connectivity index (χ0n) is 19.0. The third-order valence-corrected chi connectivity index (χ3v) is 6.42. The van der Waals surface area contributed by atoms with Crippen molar-refractivity contribution in [2.75, 3.05) is 0 Å². The Morgan fingerprint density at radius 2 is 0.971 bits per heavy atom. The van der Waals surface area contributed by atoms with Gasteiger partial charge in [-0.1, -0.05) is 60.7 Å². The molecule has 34 heavy (non-hydrogen) atoms. The molecule has 0 unspecified atom stereocenters. The minimum atomic E-state index is -0.292. The second-order valence-electron chi connectivity index (χ2n) is 9.00. The summed E-state index contributed by atoms with van der Waals surface area (Å²) in [6.07, 6.45) is 2.97. The van der Waals surface area contributed by atoms with Crippen molar-refractivity contribution < 1.29 is 19.2 Å². The van der Waals surface area contributed by atoms with Crippen LogP contribution in [0, 0.1) is 11.8 Å². The first kappa shape index (κ1) is 23.5. The lowest BCUT2D eigenvalue weighted by molar-refractivity contribution is -0.130. The fraction of sp³-hybridized carbons (Fsp3) is 0.385. The number of carbonyl (C=O) groups is 4. The van der Waals surface area contributed by atoms with Crippen LogP contribution in [-0.4, -0.2) is 23.6 Å². The van der Waals surface area contributed by atoms with Gasteiger partial charge in [0, 0.05) is 24.7 Å². The molecule has 0 heterocycles. The quantitative estimate of drug-likeness (QED) is 0.338. The average molecular weight is 463 g/mol. The van der Waals surface area contributed by atoms with Crippen molar-refractivity contribution in [2.24, 2.45) is 11.8 Å². The number of carbonyl (C=O) groups excluding carboxylic acids is 4. The van der Waals surface area contributed by atoms with Crippen LogP contribution in [0.15, 0.2) is 60.7 Å². The standard InChI is InChI=1S/C26H30N4O4/c31-23(27-29-25(33)21-15-19(21)17-9-3-1-4-10-17)13-7-8-14-24(32)28-30-26(34)22-16-20(22)18-11-5-2-6-12-18/h1-6,9-12,19-22H,7-8,13-16H2,(H,27,31)(H,28,32)(H,29,33)(H,30,34)/t19-,20-,21-,22-/m1/s1. The summed E-state index contributed by atoms with van der Waals surface area (Å²) in [5, 5.41) is 0. The number of hydrogen-bond acceptors (Lipinski definition) is 4. The molecule has 178 valence electrons. The molecule has 4 atom stereocenters. The molecule has 8 nitrogen and oxygen atoms in total. The summed E-state index contributed by atoms with van der Waals surface area (Å²) < 4.78 is 0. The minimum absolute atomic E-state index is 0.111. The average Bonchev–Trinajstić information content (AvgIpc) is 3.78. The van der Waals surface area contributed by atoms with Gasteiger partial charge in [0.25, 0.3) is 0 Å². The van der Waals surface area contributed by atoms with E-state index >= 15 is 0 Å². The summed E-state index contributed by atoms with van der Waals surface area (Å²) in [7, 11) is 0. The molecule has 2 fully saturated rings. The zero-order chi connectivity index (χ0) is 23.9. The van der Waals surface area contributed by atoms with Gasteiger partial charge in [-0.15, -0.1) is 0 Å². The smallest absolute Gasteiger partial charge is 0.242 e. The summed E-state index contributed by atoms with van der Waals surface area (Å²) in [6.45, 7) is 0. The molecule has 2 saturated carbocycles. The lowest BCUT2D eigenvalue weighted by Crippen LogP contribution is -2.43.